The van der Waals surface area contributed by atoms with Gasteiger partial charge in [0.25, 0.3) is 0 Å². The monoisotopic (exact) mass is 335 g/mol. The number of ether oxygens (including phenoxy) is 1. The normalized spacial score (nSPS) is 34.0. The molecule has 1 aromatic heterocycles. The van der Waals surface area contributed by atoms with Crippen molar-refractivity contribution in [3.63, 3.8) is 0 Å². The van der Waals surface area contributed by atoms with Gasteiger partial charge in [0.05, 0.1) is 6.61 Å². The molecular formula is C16H18ClN3O3. The molecule has 0 spiro atoms. The van der Waals surface area contributed by atoms with Gasteiger partial charge in [-0.15, -0.1) is 0 Å². The third-order valence-corrected chi connectivity index (χ3v) is 5.65. The van der Waals surface area contributed by atoms with Gasteiger partial charge in [0.2, 0.25) is 5.28 Å². The Hall–Kier alpha value is -1.69. The molecule has 4 saturated carbocycles. The second-order valence-electron chi connectivity index (χ2n) is 6.84. The molecule has 1 aromatic rings. The quantitative estimate of drug-likeness (QED) is 0.672. The lowest BCUT2D eigenvalue weighted by atomic mass is 9.75. The number of hydrogen-bond acceptors (Lipinski definition) is 6. The van der Waals surface area contributed by atoms with Crippen LogP contribution in [0.1, 0.15) is 43.0 Å². The number of esters is 1. The SMILES string of the molecule is CCOC(=O)c1cnc(Cl)nc1NC12CC3CC(C1)C(C2)C3=O. The maximum atomic E-state index is 12.2. The fourth-order valence-electron chi connectivity index (χ4n) is 4.72. The van der Waals surface area contributed by atoms with Crippen LogP contribution in [0.3, 0.4) is 0 Å². The molecule has 4 aliphatic carbocycles. The summed E-state index contributed by atoms with van der Waals surface area (Å²) in [7, 11) is 0. The van der Waals surface area contributed by atoms with E-state index in [1.54, 1.807) is 6.92 Å². The molecule has 7 heteroatoms. The number of Topliss-reactive ketones (excluding diaryl/α,β-unsaturated/α-hetero) is 1. The van der Waals surface area contributed by atoms with Crippen LogP contribution in [0.15, 0.2) is 6.20 Å². The van der Waals surface area contributed by atoms with Crippen LogP contribution in [-0.4, -0.2) is 33.9 Å². The van der Waals surface area contributed by atoms with Crippen molar-refractivity contribution in [2.24, 2.45) is 17.8 Å². The van der Waals surface area contributed by atoms with E-state index in [-0.39, 0.29) is 29.3 Å². The smallest absolute Gasteiger partial charge is 0.343 e. The first-order chi connectivity index (χ1) is 11.0. The van der Waals surface area contributed by atoms with Crippen molar-refractivity contribution in [1.29, 1.82) is 0 Å². The number of carbonyl (C=O) groups is 2. The Morgan fingerprint density at radius 2 is 2.30 bits per heavy atom. The molecule has 4 unspecified atom stereocenters. The number of hydrogen-bond donors (Lipinski definition) is 1. The molecule has 0 amide bonds. The van der Waals surface area contributed by atoms with Gasteiger partial charge in [-0.2, -0.15) is 4.98 Å². The van der Waals surface area contributed by atoms with E-state index >= 15 is 0 Å². The first kappa shape index (κ1) is 14.9. The maximum Gasteiger partial charge on any atom is 0.343 e. The minimum atomic E-state index is -0.463. The molecule has 4 aliphatic rings. The van der Waals surface area contributed by atoms with Crippen LogP contribution < -0.4 is 5.32 Å². The van der Waals surface area contributed by atoms with Crippen molar-refractivity contribution >= 4 is 29.2 Å². The Labute approximate surface area is 139 Å². The van der Waals surface area contributed by atoms with Crippen LogP contribution in [0.2, 0.25) is 5.28 Å². The first-order valence-corrected chi connectivity index (χ1v) is 8.41. The number of ketones is 1. The molecule has 1 N–H and O–H groups in total. The highest BCUT2D eigenvalue weighted by molar-refractivity contribution is 6.28. The zero-order chi connectivity index (χ0) is 16.2. The second-order valence-corrected chi connectivity index (χ2v) is 7.18. The summed E-state index contributed by atoms with van der Waals surface area (Å²) >= 11 is 5.91. The number of rotatable bonds is 4. The third-order valence-electron chi connectivity index (χ3n) is 5.46. The molecular weight excluding hydrogens is 318 g/mol. The van der Waals surface area contributed by atoms with Crippen molar-refractivity contribution in [1.82, 2.24) is 9.97 Å². The van der Waals surface area contributed by atoms with Crippen LogP contribution in [0.4, 0.5) is 5.82 Å². The van der Waals surface area contributed by atoms with Crippen molar-refractivity contribution in [2.75, 3.05) is 11.9 Å². The Kier molecular flexibility index (Phi) is 3.34. The fourth-order valence-corrected chi connectivity index (χ4v) is 4.85. The number of carbonyl (C=O) groups excluding carboxylic acids is 2. The number of nitrogens with one attached hydrogen (secondary N) is 1. The molecule has 6 nitrogen and oxygen atoms in total. The predicted molar refractivity (Wildman–Crippen MR) is 83.3 cm³/mol. The summed E-state index contributed by atoms with van der Waals surface area (Å²) in [5.41, 5.74) is 0.130. The Morgan fingerprint density at radius 3 is 3.00 bits per heavy atom. The van der Waals surface area contributed by atoms with Crippen molar-refractivity contribution in [2.45, 2.75) is 38.1 Å². The van der Waals surface area contributed by atoms with Gasteiger partial charge in [0.15, 0.2) is 0 Å². The molecule has 4 fully saturated rings. The van der Waals surface area contributed by atoms with Gasteiger partial charge < -0.3 is 10.1 Å². The molecule has 0 radical (unpaired) electrons. The Morgan fingerprint density at radius 1 is 1.48 bits per heavy atom. The van der Waals surface area contributed by atoms with Crippen LogP contribution >= 0.6 is 11.6 Å². The summed E-state index contributed by atoms with van der Waals surface area (Å²) in [5, 5.41) is 3.51. The number of anilines is 1. The predicted octanol–water partition coefficient (Wildman–Crippen LogP) is 2.48. The Balaban J connectivity index is 1.64. The molecule has 5 rings (SSSR count). The van der Waals surface area contributed by atoms with E-state index in [1.165, 1.54) is 6.20 Å². The second kappa shape index (κ2) is 5.16. The minimum Gasteiger partial charge on any atom is -0.462 e. The molecule has 0 aromatic carbocycles. The first-order valence-electron chi connectivity index (χ1n) is 8.03. The molecule has 122 valence electrons. The van der Waals surface area contributed by atoms with Crippen molar-refractivity contribution in [3.05, 3.63) is 17.0 Å². The lowest BCUT2D eigenvalue weighted by Gasteiger charge is -2.39. The average molecular weight is 336 g/mol. The van der Waals surface area contributed by atoms with Crippen LogP contribution in [0, 0.1) is 17.8 Å². The van der Waals surface area contributed by atoms with Gasteiger partial charge in [0.1, 0.15) is 17.2 Å². The van der Waals surface area contributed by atoms with Crippen LogP contribution in [0.5, 0.6) is 0 Å². The zero-order valence-corrected chi connectivity index (χ0v) is 13.6. The van der Waals surface area contributed by atoms with E-state index in [0.29, 0.717) is 23.1 Å². The lowest BCUT2D eigenvalue weighted by molar-refractivity contribution is -0.126. The lowest BCUT2D eigenvalue weighted by Crippen LogP contribution is -2.44. The summed E-state index contributed by atoms with van der Waals surface area (Å²) in [5.74, 6) is 1.17. The molecule has 0 saturated heterocycles. The minimum absolute atomic E-state index is 0.0866. The van der Waals surface area contributed by atoms with Gasteiger partial charge in [-0.3, -0.25) is 4.79 Å². The van der Waals surface area contributed by atoms with E-state index in [2.05, 4.69) is 15.3 Å². The standard InChI is InChI=1S/C16H18ClN3O3/c1-2-23-14(22)11-7-18-15(17)19-13(11)20-16-4-8-3-9(5-16)12(21)10(8)6-16/h7-10H,2-6H2,1H3,(H,18,19,20). The number of halogens is 1. The summed E-state index contributed by atoms with van der Waals surface area (Å²) in [6.07, 6.45) is 4.99. The van der Waals surface area contributed by atoms with E-state index in [1.807, 2.05) is 0 Å². The van der Waals surface area contributed by atoms with Crippen molar-refractivity contribution in [3.8, 4) is 0 Å². The fraction of sp³-hybridized carbons (Fsp3) is 0.625. The highest BCUT2D eigenvalue weighted by Crippen LogP contribution is 2.59. The topological polar surface area (TPSA) is 81.2 Å². The van der Waals surface area contributed by atoms with Crippen LogP contribution in [0.25, 0.3) is 0 Å². The zero-order valence-electron chi connectivity index (χ0n) is 12.8. The van der Waals surface area contributed by atoms with Gasteiger partial charge in [-0.1, -0.05) is 0 Å². The average Bonchev–Trinajstić information content (AvgIpc) is 2.87. The third kappa shape index (κ3) is 2.31. The van der Waals surface area contributed by atoms with Gasteiger partial charge in [-0.05, 0) is 50.1 Å². The summed E-state index contributed by atoms with van der Waals surface area (Å²) in [4.78, 5) is 32.4. The Bertz CT molecular complexity index is 691. The highest BCUT2D eigenvalue weighted by Gasteiger charge is 2.60. The van der Waals surface area contributed by atoms with Crippen molar-refractivity contribution < 1.29 is 14.3 Å². The molecule has 23 heavy (non-hydrogen) atoms. The molecule has 4 atom stereocenters. The summed E-state index contributed by atoms with van der Waals surface area (Å²) in [6, 6.07) is 0. The number of aromatic nitrogens is 2. The summed E-state index contributed by atoms with van der Waals surface area (Å²) < 4.78 is 5.07. The summed E-state index contributed by atoms with van der Waals surface area (Å²) in [6.45, 7) is 2.04. The highest BCUT2D eigenvalue weighted by atomic mass is 35.5. The molecule has 4 bridgehead atoms. The van der Waals surface area contributed by atoms with E-state index in [4.69, 9.17) is 16.3 Å². The van der Waals surface area contributed by atoms with E-state index in [0.717, 1.165) is 25.7 Å². The molecule has 0 aliphatic heterocycles. The van der Waals surface area contributed by atoms with Gasteiger partial charge >= 0.3 is 5.97 Å². The molecule has 1 heterocycles. The largest absolute Gasteiger partial charge is 0.462 e. The number of nitrogens with zero attached hydrogens (tertiary/aromatic N) is 2. The van der Waals surface area contributed by atoms with Gasteiger partial charge in [0, 0.05) is 23.6 Å². The van der Waals surface area contributed by atoms with E-state index in [9.17, 15) is 9.59 Å². The van der Waals surface area contributed by atoms with E-state index < -0.39 is 5.97 Å². The van der Waals surface area contributed by atoms with Gasteiger partial charge in [-0.25, -0.2) is 9.78 Å². The maximum absolute atomic E-state index is 12.2. The van der Waals surface area contributed by atoms with Crippen LogP contribution in [-0.2, 0) is 9.53 Å².